The van der Waals surface area contributed by atoms with E-state index in [1.807, 2.05) is 25.1 Å². The van der Waals surface area contributed by atoms with Crippen molar-refractivity contribution in [3.05, 3.63) is 65.7 Å². The Hall–Kier alpha value is -2.66. The van der Waals surface area contributed by atoms with Crippen molar-refractivity contribution < 1.29 is 14.7 Å². The minimum Gasteiger partial charge on any atom is -0.378 e. The second-order valence-electron chi connectivity index (χ2n) is 5.57. The third-order valence-corrected chi connectivity index (χ3v) is 3.74. The van der Waals surface area contributed by atoms with E-state index >= 15 is 0 Å². The third kappa shape index (κ3) is 4.67. The van der Waals surface area contributed by atoms with Crippen molar-refractivity contribution in [3.8, 4) is 0 Å². The summed E-state index contributed by atoms with van der Waals surface area (Å²) >= 11 is 0. The van der Waals surface area contributed by atoms with Gasteiger partial charge in [-0.2, -0.15) is 0 Å². The maximum Gasteiger partial charge on any atom is 0.253 e. The average Bonchev–Trinajstić information content (AvgIpc) is 2.62. The van der Waals surface area contributed by atoms with E-state index in [1.54, 1.807) is 43.3 Å². The van der Waals surface area contributed by atoms with E-state index < -0.39 is 12.0 Å². The van der Waals surface area contributed by atoms with Gasteiger partial charge in [-0.25, -0.2) is 0 Å². The van der Waals surface area contributed by atoms with E-state index in [0.29, 0.717) is 17.7 Å². The molecule has 0 saturated carbocycles. The van der Waals surface area contributed by atoms with Gasteiger partial charge < -0.3 is 15.7 Å². The number of hydrogen-bond donors (Lipinski definition) is 3. The van der Waals surface area contributed by atoms with Gasteiger partial charge in [0.2, 0.25) is 5.91 Å². The molecule has 0 aliphatic carbocycles. The molecule has 5 nitrogen and oxygen atoms in total. The van der Waals surface area contributed by atoms with Gasteiger partial charge in [-0.3, -0.25) is 9.59 Å². The van der Waals surface area contributed by atoms with Crippen molar-refractivity contribution in [1.82, 2.24) is 5.32 Å². The predicted molar refractivity (Wildman–Crippen MR) is 93.3 cm³/mol. The molecule has 0 heterocycles. The standard InChI is InChI=1S/C19H22N2O3/c1-3-17(22)21-16-11-9-14(10-12-16)13(2)20-19(24)18(23)15-7-5-4-6-8-15/h4-13,18,23H,3H2,1-2H3,(H,20,24)(H,21,22). The van der Waals surface area contributed by atoms with Crippen molar-refractivity contribution in [2.75, 3.05) is 5.32 Å². The highest BCUT2D eigenvalue weighted by molar-refractivity contribution is 5.90. The normalized spacial score (nSPS) is 13.0. The smallest absolute Gasteiger partial charge is 0.253 e. The molecule has 5 heteroatoms. The quantitative estimate of drug-likeness (QED) is 0.763. The summed E-state index contributed by atoms with van der Waals surface area (Å²) in [4.78, 5) is 23.5. The van der Waals surface area contributed by atoms with Crippen LogP contribution in [0.15, 0.2) is 54.6 Å². The lowest BCUT2D eigenvalue weighted by atomic mass is 10.1. The molecule has 0 aliphatic rings. The van der Waals surface area contributed by atoms with Crippen LogP contribution in [0.2, 0.25) is 0 Å². The zero-order chi connectivity index (χ0) is 17.5. The lowest BCUT2D eigenvalue weighted by Gasteiger charge is -2.18. The summed E-state index contributed by atoms with van der Waals surface area (Å²) in [5.41, 5.74) is 2.16. The van der Waals surface area contributed by atoms with Crippen molar-refractivity contribution in [3.63, 3.8) is 0 Å². The molecule has 0 spiro atoms. The summed E-state index contributed by atoms with van der Waals surface area (Å²) in [6, 6.07) is 15.8. The first-order valence-electron chi connectivity index (χ1n) is 7.94. The van der Waals surface area contributed by atoms with Crippen molar-refractivity contribution in [1.29, 1.82) is 0 Å². The van der Waals surface area contributed by atoms with E-state index in [1.165, 1.54) is 0 Å². The zero-order valence-electron chi connectivity index (χ0n) is 13.8. The third-order valence-electron chi connectivity index (χ3n) is 3.74. The van der Waals surface area contributed by atoms with Crippen LogP contribution in [0.5, 0.6) is 0 Å². The van der Waals surface area contributed by atoms with Gasteiger partial charge in [0.15, 0.2) is 6.10 Å². The van der Waals surface area contributed by atoms with E-state index in [0.717, 1.165) is 5.56 Å². The molecule has 2 atom stereocenters. The van der Waals surface area contributed by atoms with E-state index in [9.17, 15) is 14.7 Å². The Labute approximate surface area is 141 Å². The van der Waals surface area contributed by atoms with Crippen LogP contribution in [0.3, 0.4) is 0 Å². The fraction of sp³-hybridized carbons (Fsp3) is 0.263. The van der Waals surface area contributed by atoms with E-state index in [-0.39, 0.29) is 11.9 Å². The highest BCUT2D eigenvalue weighted by Crippen LogP contribution is 2.18. The first-order valence-corrected chi connectivity index (χ1v) is 7.94. The first-order chi connectivity index (χ1) is 11.5. The van der Waals surface area contributed by atoms with Crippen LogP contribution in [0, 0.1) is 0 Å². The predicted octanol–water partition coefficient (Wildman–Crippen LogP) is 2.95. The summed E-state index contributed by atoms with van der Waals surface area (Å²) in [5.74, 6) is -0.493. The average molecular weight is 326 g/mol. The van der Waals surface area contributed by atoms with Crippen molar-refractivity contribution >= 4 is 17.5 Å². The fourth-order valence-corrected chi connectivity index (χ4v) is 2.27. The molecule has 0 radical (unpaired) electrons. The van der Waals surface area contributed by atoms with Gasteiger partial charge in [0, 0.05) is 12.1 Å². The van der Waals surface area contributed by atoms with E-state index in [2.05, 4.69) is 10.6 Å². The molecule has 0 fully saturated rings. The van der Waals surface area contributed by atoms with Crippen LogP contribution in [0.4, 0.5) is 5.69 Å². The van der Waals surface area contributed by atoms with Crippen LogP contribution in [0.1, 0.15) is 43.5 Å². The number of rotatable bonds is 6. The number of hydrogen-bond acceptors (Lipinski definition) is 3. The van der Waals surface area contributed by atoms with Gasteiger partial charge in [0.05, 0.1) is 6.04 Å². The van der Waals surface area contributed by atoms with Crippen LogP contribution < -0.4 is 10.6 Å². The number of amides is 2. The minimum atomic E-state index is -1.20. The Morgan fingerprint density at radius 1 is 1.00 bits per heavy atom. The molecule has 0 bridgehead atoms. The minimum absolute atomic E-state index is 0.0462. The Balaban J connectivity index is 1.97. The van der Waals surface area contributed by atoms with Crippen LogP contribution >= 0.6 is 0 Å². The van der Waals surface area contributed by atoms with Crippen molar-refractivity contribution in [2.45, 2.75) is 32.4 Å². The topological polar surface area (TPSA) is 78.4 Å². The SMILES string of the molecule is CCC(=O)Nc1ccc(C(C)NC(=O)C(O)c2ccccc2)cc1. The van der Waals surface area contributed by atoms with Crippen LogP contribution in [-0.4, -0.2) is 16.9 Å². The van der Waals surface area contributed by atoms with Gasteiger partial charge in [0.1, 0.15) is 0 Å². The molecule has 0 aliphatic heterocycles. The molecule has 3 N–H and O–H groups in total. The van der Waals surface area contributed by atoms with Gasteiger partial charge in [-0.1, -0.05) is 49.4 Å². The molecule has 2 aromatic carbocycles. The number of aliphatic hydroxyl groups is 1. The molecule has 0 saturated heterocycles. The summed E-state index contributed by atoms with van der Waals surface area (Å²) in [6.07, 6.45) is -0.775. The maximum atomic E-state index is 12.2. The van der Waals surface area contributed by atoms with E-state index in [4.69, 9.17) is 0 Å². The number of anilines is 1. The maximum absolute atomic E-state index is 12.2. The Kier molecular flexibility index (Phi) is 6.09. The zero-order valence-corrected chi connectivity index (χ0v) is 13.8. The molecule has 2 aromatic rings. The number of aliphatic hydroxyl groups excluding tert-OH is 1. The Morgan fingerprint density at radius 3 is 2.21 bits per heavy atom. The second-order valence-corrected chi connectivity index (χ2v) is 5.57. The van der Waals surface area contributed by atoms with Gasteiger partial charge in [-0.05, 0) is 30.2 Å². The Bertz CT molecular complexity index is 684. The molecule has 0 aromatic heterocycles. The largest absolute Gasteiger partial charge is 0.378 e. The highest BCUT2D eigenvalue weighted by Gasteiger charge is 2.19. The van der Waals surface area contributed by atoms with Gasteiger partial charge in [-0.15, -0.1) is 0 Å². The number of carbonyl (C=O) groups is 2. The molecule has 126 valence electrons. The summed E-state index contributed by atoms with van der Waals surface area (Å²) in [7, 11) is 0. The first kappa shape index (κ1) is 17.7. The highest BCUT2D eigenvalue weighted by atomic mass is 16.3. The second kappa shape index (κ2) is 8.26. The number of benzene rings is 2. The van der Waals surface area contributed by atoms with Crippen LogP contribution in [-0.2, 0) is 9.59 Å². The molecular formula is C19H22N2O3. The van der Waals surface area contributed by atoms with Crippen molar-refractivity contribution in [2.24, 2.45) is 0 Å². The molecule has 2 unspecified atom stereocenters. The molecule has 24 heavy (non-hydrogen) atoms. The summed E-state index contributed by atoms with van der Waals surface area (Å²) in [6.45, 7) is 3.63. The van der Waals surface area contributed by atoms with Gasteiger partial charge in [0.25, 0.3) is 5.91 Å². The number of carbonyl (C=O) groups excluding carboxylic acids is 2. The van der Waals surface area contributed by atoms with Crippen LogP contribution in [0.25, 0.3) is 0 Å². The Morgan fingerprint density at radius 2 is 1.62 bits per heavy atom. The fourth-order valence-electron chi connectivity index (χ4n) is 2.27. The molecular weight excluding hydrogens is 304 g/mol. The molecule has 2 rings (SSSR count). The molecule has 2 amide bonds. The summed E-state index contributed by atoms with van der Waals surface area (Å²) < 4.78 is 0. The lowest BCUT2D eigenvalue weighted by Crippen LogP contribution is -2.31. The monoisotopic (exact) mass is 326 g/mol. The lowest BCUT2D eigenvalue weighted by molar-refractivity contribution is -0.130. The number of nitrogens with one attached hydrogen (secondary N) is 2. The van der Waals surface area contributed by atoms with Gasteiger partial charge >= 0.3 is 0 Å². The summed E-state index contributed by atoms with van der Waals surface area (Å²) in [5, 5.41) is 15.7.